The second kappa shape index (κ2) is 10.6. The molecule has 2 saturated heterocycles. The zero-order valence-electron chi connectivity index (χ0n) is 16.4. The molecule has 0 spiro atoms. The average Bonchev–Trinajstić information content (AvgIpc) is 2.62. The van der Waals surface area contributed by atoms with E-state index in [1.54, 1.807) is 6.92 Å². The van der Waals surface area contributed by atoms with Gasteiger partial charge in [-0.15, -0.1) is 0 Å². The summed E-state index contributed by atoms with van der Waals surface area (Å²) in [6.07, 6.45) is -12.2. The zero-order chi connectivity index (χ0) is 21.2. The number of amides is 1. The van der Waals surface area contributed by atoms with Crippen LogP contribution in [0.25, 0.3) is 0 Å². The zero-order valence-corrected chi connectivity index (χ0v) is 16.4. The van der Waals surface area contributed by atoms with Gasteiger partial charge in [0.15, 0.2) is 25.0 Å². The van der Waals surface area contributed by atoms with Crippen molar-refractivity contribution in [3.05, 3.63) is 0 Å². The summed E-state index contributed by atoms with van der Waals surface area (Å²) in [5.74, 6) is -2.64. The fourth-order valence-corrected chi connectivity index (χ4v) is 3.49. The van der Waals surface area contributed by atoms with Crippen molar-refractivity contribution in [3.8, 4) is 0 Å². The molecule has 0 radical (unpaired) electrons. The van der Waals surface area contributed by atoms with Gasteiger partial charge in [0.05, 0.1) is 6.04 Å². The molecule has 0 bridgehead atoms. The quantitative estimate of drug-likeness (QED) is 0.230. The Labute approximate surface area is 167 Å². The van der Waals surface area contributed by atoms with Gasteiger partial charge in [-0.05, 0) is 6.42 Å². The number of nitrogens with one attached hydrogen (secondary N) is 1. The molecule has 2 aliphatic heterocycles. The summed E-state index contributed by atoms with van der Waals surface area (Å²) in [7, 11) is 1.17. The first-order chi connectivity index (χ1) is 13.1. The van der Waals surface area contributed by atoms with E-state index in [1.165, 1.54) is 14.0 Å². The van der Waals surface area contributed by atoms with E-state index in [9.17, 15) is 35.1 Å². The Bertz CT molecular complexity index is 565. The van der Waals surface area contributed by atoms with Crippen LogP contribution in [0.4, 0.5) is 0 Å². The van der Waals surface area contributed by atoms with Gasteiger partial charge in [-0.3, -0.25) is 4.79 Å². The SMILES string of the molecule is CCC1[C@@H](O)[C@@H](O)O[C@@H](O[C@@H]2[C@@H](O)[C@H](O)C(OC)O[C@H]2C(=O)O)[C@@H]1NC(C)=O.N. The van der Waals surface area contributed by atoms with Crippen LogP contribution in [-0.4, -0.2) is 100.0 Å². The molecule has 2 aliphatic rings. The number of carboxylic acid groups (broad SMARTS) is 1. The number of carbonyl (C=O) groups is 2. The summed E-state index contributed by atoms with van der Waals surface area (Å²) in [6, 6.07) is -0.958. The molecule has 13 heteroatoms. The molecule has 29 heavy (non-hydrogen) atoms. The molecule has 2 rings (SSSR count). The maximum atomic E-state index is 11.6. The molecule has 9 N–H and O–H groups in total. The van der Waals surface area contributed by atoms with Crippen molar-refractivity contribution in [1.82, 2.24) is 11.5 Å². The van der Waals surface area contributed by atoms with Crippen LogP contribution < -0.4 is 11.5 Å². The molecule has 0 aromatic heterocycles. The lowest BCUT2D eigenvalue weighted by Crippen LogP contribution is -2.66. The highest BCUT2D eigenvalue weighted by molar-refractivity contribution is 5.74. The minimum absolute atomic E-state index is 0. The second-order valence-electron chi connectivity index (χ2n) is 6.76. The Hall–Kier alpha value is -1.42. The molecule has 0 aliphatic carbocycles. The fourth-order valence-electron chi connectivity index (χ4n) is 3.49. The minimum atomic E-state index is -1.73. The van der Waals surface area contributed by atoms with Crippen LogP contribution in [0.2, 0.25) is 0 Å². The van der Waals surface area contributed by atoms with Gasteiger partial charge in [-0.1, -0.05) is 6.92 Å². The van der Waals surface area contributed by atoms with E-state index in [4.69, 9.17) is 18.9 Å². The largest absolute Gasteiger partial charge is 0.479 e. The third-order valence-electron chi connectivity index (χ3n) is 4.91. The Kier molecular flexibility index (Phi) is 9.33. The smallest absolute Gasteiger partial charge is 0.335 e. The molecule has 13 nitrogen and oxygen atoms in total. The maximum absolute atomic E-state index is 11.6. The number of methoxy groups -OCH3 is 1. The highest BCUT2D eigenvalue weighted by atomic mass is 16.8. The lowest BCUT2D eigenvalue weighted by Gasteiger charge is -2.46. The highest BCUT2D eigenvalue weighted by Gasteiger charge is 2.52. The Morgan fingerprint density at radius 2 is 1.66 bits per heavy atom. The molecule has 170 valence electrons. The van der Waals surface area contributed by atoms with Crippen LogP contribution in [0.3, 0.4) is 0 Å². The van der Waals surface area contributed by atoms with Gasteiger partial charge in [0.25, 0.3) is 0 Å². The molecule has 0 aromatic rings. The molecule has 2 heterocycles. The first kappa shape index (κ1) is 25.6. The Balaban J connectivity index is 0.00000420. The predicted molar refractivity (Wildman–Crippen MR) is 93.5 cm³/mol. The molecular formula is C16H30N2O11. The van der Waals surface area contributed by atoms with Crippen molar-refractivity contribution in [2.24, 2.45) is 5.92 Å². The molecule has 2 unspecified atom stereocenters. The third kappa shape index (κ3) is 5.39. The van der Waals surface area contributed by atoms with Crippen molar-refractivity contribution in [2.75, 3.05) is 7.11 Å². The lowest BCUT2D eigenvalue weighted by atomic mass is 9.87. The van der Waals surface area contributed by atoms with Crippen molar-refractivity contribution in [1.29, 1.82) is 0 Å². The van der Waals surface area contributed by atoms with E-state index < -0.39 is 73.2 Å². The topological polar surface area (TPSA) is 219 Å². The van der Waals surface area contributed by atoms with Crippen LogP contribution in [0, 0.1) is 5.92 Å². The second-order valence-corrected chi connectivity index (χ2v) is 6.76. The molecule has 0 aromatic carbocycles. The summed E-state index contributed by atoms with van der Waals surface area (Å²) in [4.78, 5) is 23.1. The van der Waals surface area contributed by atoms with Gasteiger partial charge in [0.2, 0.25) is 5.91 Å². The number of rotatable bonds is 6. The van der Waals surface area contributed by atoms with E-state index in [2.05, 4.69) is 5.32 Å². The number of carbonyl (C=O) groups excluding carboxylic acids is 1. The summed E-state index contributed by atoms with van der Waals surface area (Å²) in [5.41, 5.74) is 0. The molecule has 0 saturated carbocycles. The number of carboxylic acids is 1. The minimum Gasteiger partial charge on any atom is -0.479 e. The molecule has 2 fully saturated rings. The molecule has 1 amide bonds. The van der Waals surface area contributed by atoms with Gasteiger partial charge in [-0.2, -0.15) is 0 Å². The number of aliphatic carboxylic acids is 1. The summed E-state index contributed by atoms with van der Waals surface area (Å²) < 4.78 is 20.7. The first-order valence-electron chi connectivity index (χ1n) is 8.83. The van der Waals surface area contributed by atoms with E-state index in [0.29, 0.717) is 6.42 Å². The van der Waals surface area contributed by atoms with Gasteiger partial charge in [0.1, 0.15) is 24.4 Å². The fraction of sp³-hybridized carbons (Fsp3) is 0.875. The number of hydrogen-bond donors (Lipinski definition) is 7. The Morgan fingerprint density at radius 3 is 2.14 bits per heavy atom. The van der Waals surface area contributed by atoms with E-state index in [0.717, 1.165) is 0 Å². The van der Waals surface area contributed by atoms with E-state index in [-0.39, 0.29) is 6.15 Å². The number of aliphatic hydroxyl groups is 4. The normalized spacial score (nSPS) is 42.6. The van der Waals surface area contributed by atoms with Crippen LogP contribution in [0.15, 0.2) is 0 Å². The summed E-state index contributed by atoms with van der Waals surface area (Å²) in [5, 5.41) is 52.5. The van der Waals surface area contributed by atoms with Crippen molar-refractivity contribution >= 4 is 11.9 Å². The maximum Gasteiger partial charge on any atom is 0.335 e. The van der Waals surface area contributed by atoms with Crippen molar-refractivity contribution in [2.45, 2.75) is 75.7 Å². The van der Waals surface area contributed by atoms with Crippen molar-refractivity contribution in [3.63, 3.8) is 0 Å². The Morgan fingerprint density at radius 1 is 1.03 bits per heavy atom. The van der Waals surface area contributed by atoms with Gasteiger partial charge >= 0.3 is 5.97 Å². The number of ether oxygens (including phenoxy) is 4. The third-order valence-corrected chi connectivity index (χ3v) is 4.91. The summed E-state index contributed by atoms with van der Waals surface area (Å²) in [6.45, 7) is 2.94. The van der Waals surface area contributed by atoms with Crippen LogP contribution in [-0.2, 0) is 28.5 Å². The van der Waals surface area contributed by atoms with Gasteiger partial charge < -0.3 is 55.9 Å². The molecule has 10 atom stereocenters. The first-order valence-corrected chi connectivity index (χ1v) is 8.83. The highest BCUT2D eigenvalue weighted by Crippen LogP contribution is 2.32. The summed E-state index contributed by atoms with van der Waals surface area (Å²) >= 11 is 0. The van der Waals surface area contributed by atoms with Gasteiger partial charge in [-0.25, -0.2) is 4.79 Å². The average molecular weight is 426 g/mol. The van der Waals surface area contributed by atoms with Crippen LogP contribution in [0.5, 0.6) is 0 Å². The van der Waals surface area contributed by atoms with Crippen LogP contribution in [0.1, 0.15) is 20.3 Å². The van der Waals surface area contributed by atoms with Crippen molar-refractivity contribution < 1.29 is 54.1 Å². The number of hydrogen-bond acceptors (Lipinski definition) is 11. The van der Waals surface area contributed by atoms with Crippen LogP contribution >= 0.6 is 0 Å². The van der Waals surface area contributed by atoms with E-state index in [1.807, 2.05) is 0 Å². The predicted octanol–water partition coefficient (Wildman–Crippen LogP) is -2.72. The number of aliphatic hydroxyl groups excluding tert-OH is 4. The molecular weight excluding hydrogens is 396 g/mol. The lowest BCUT2D eigenvalue weighted by molar-refractivity contribution is -0.353. The monoisotopic (exact) mass is 426 g/mol. The van der Waals surface area contributed by atoms with Gasteiger partial charge in [0, 0.05) is 20.0 Å². The standard InChI is InChI=1S/C16H27NO11.H3N/c1-4-6-7(17-5(2)18)15(28-14(24)8(6)19)26-11-9(20)10(21)16(25-3)27-12(11)13(22)23;/h6-12,14-16,19-21,24H,4H2,1-3H3,(H,17,18)(H,22,23);1H3/t6?,7-,8-,9+,10+,11-,12-,14+,15-,16?;/m1./s1. The van der Waals surface area contributed by atoms with E-state index >= 15 is 0 Å².